The molecule has 8 atom stereocenters. The van der Waals surface area contributed by atoms with E-state index in [0.717, 1.165) is 12.4 Å². The molecule has 0 spiro atoms. The van der Waals surface area contributed by atoms with Crippen LogP contribution in [0.2, 0.25) is 0 Å². The number of amides is 2. The number of nitrogens with one attached hydrogen (secondary N) is 2. The molecule has 4 aliphatic carbocycles. The zero-order chi connectivity index (χ0) is 37.4. The molecule has 0 heterocycles. The van der Waals surface area contributed by atoms with Gasteiger partial charge in [0.25, 0.3) is 35.0 Å². The van der Waals surface area contributed by atoms with Gasteiger partial charge in [0.15, 0.2) is 0 Å². The summed E-state index contributed by atoms with van der Waals surface area (Å²) in [5.74, 6) is -20.6. The summed E-state index contributed by atoms with van der Waals surface area (Å²) >= 11 is 0. The van der Waals surface area contributed by atoms with E-state index in [9.17, 15) is 62.3 Å². The highest BCUT2D eigenvalue weighted by Crippen LogP contribution is 2.69. The zero-order valence-corrected chi connectivity index (χ0v) is 25.7. The van der Waals surface area contributed by atoms with Gasteiger partial charge in [0.1, 0.15) is 11.5 Å². The largest absolute Gasteiger partial charge is 0.457 e. The van der Waals surface area contributed by atoms with Crippen molar-refractivity contribution >= 4 is 24.2 Å². The standard InChI is InChI=1S/C32H26F12N4O3/c33-27(31(39,40)41)23-11-19(29(27,35)36)9-17(23)13-45-47-25(49)15-1-5-21(6-2-15)51-22-7-3-16(4-8-22)26(50)48-46-14-18-10-20-12-24(18)28(34,30(20,37)38)32(42,43)44/h1-8,13-14,17-20,23-24H,9-12H2,(H,47,49)(H,48,50)/b45-13-,46-14-/t17-,18-,19+,20+,23-,24+,27+,28+/m1/s1. The second-order valence-electron chi connectivity index (χ2n) is 13.1. The Kier molecular flexibility index (Phi) is 8.68. The van der Waals surface area contributed by atoms with Crippen LogP contribution in [0.5, 0.6) is 11.5 Å². The number of hydrogen-bond acceptors (Lipinski definition) is 5. The number of alkyl halides is 12. The minimum absolute atomic E-state index is 0.0245. The molecule has 276 valence electrons. The summed E-state index contributed by atoms with van der Waals surface area (Å²) in [7, 11) is 0. The molecule has 4 fully saturated rings. The van der Waals surface area contributed by atoms with Crippen LogP contribution in [0.1, 0.15) is 46.4 Å². The number of fused-ring (bicyclic) bond motifs is 4. The Bertz CT molecular complexity index is 1600. The highest BCUT2D eigenvalue weighted by Gasteiger charge is 2.84. The van der Waals surface area contributed by atoms with Crippen LogP contribution in [0.4, 0.5) is 52.7 Å². The molecule has 6 rings (SSSR count). The zero-order valence-electron chi connectivity index (χ0n) is 25.7. The van der Waals surface area contributed by atoms with Gasteiger partial charge >= 0.3 is 12.4 Å². The Labute approximate surface area is 280 Å². The average Bonchev–Trinajstić information content (AvgIpc) is 3.77. The van der Waals surface area contributed by atoms with Gasteiger partial charge in [0, 0.05) is 59.1 Å². The molecule has 2 aromatic carbocycles. The third-order valence-corrected chi connectivity index (χ3v) is 10.4. The second kappa shape index (κ2) is 12.1. The molecule has 0 unspecified atom stereocenters. The molecular weight excluding hydrogens is 716 g/mol. The molecular formula is C32H26F12N4O3. The van der Waals surface area contributed by atoms with Gasteiger partial charge in [0.2, 0.25) is 0 Å². The molecule has 0 aromatic heterocycles. The molecule has 0 aliphatic heterocycles. The van der Waals surface area contributed by atoms with Crippen molar-refractivity contribution in [2.75, 3.05) is 0 Å². The lowest BCUT2D eigenvalue weighted by Crippen LogP contribution is -2.60. The van der Waals surface area contributed by atoms with Crippen LogP contribution in [0, 0.1) is 35.5 Å². The summed E-state index contributed by atoms with van der Waals surface area (Å²) in [4.78, 5) is 24.9. The summed E-state index contributed by atoms with van der Waals surface area (Å²) in [5.41, 5.74) is -5.21. The van der Waals surface area contributed by atoms with Crippen molar-refractivity contribution in [3.8, 4) is 11.5 Å². The molecule has 2 N–H and O–H groups in total. The molecule has 4 saturated carbocycles. The molecule has 19 heteroatoms. The van der Waals surface area contributed by atoms with Gasteiger partial charge in [0.05, 0.1) is 0 Å². The highest BCUT2D eigenvalue weighted by atomic mass is 19.4. The summed E-state index contributed by atoms with van der Waals surface area (Å²) in [6.45, 7) is 0. The number of nitrogens with zero attached hydrogens (tertiary/aromatic N) is 2. The number of hydrogen-bond donors (Lipinski definition) is 2. The fraction of sp³-hybridized carbons (Fsp3) is 0.500. The van der Waals surface area contributed by atoms with E-state index in [1.807, 2.05) is 0 Å². The van der Waals surface area contributed by atoms with E-state index in [2.05, 4.69) is 21.1 Å². The first kappa shape index (κ1) is 36.5. The van der Waals surface area contributed by atoms with E-state index in [-0.39, 0.29) is 22.6 Å². The fourth-order valence-electron chi connectivity index (χ4n) is 7.86. The van der Waals surface area contributed by atoms with Gasteiger partial charge < -0.3 is 4.74 Å². The fourth-order valence-corrected chi connectivity index (χ4v) is 7.86. The van der Waals surface area contributed by atoms with Crippen molar-refractivity contribution in [3.05, 3.63) is 59.7 Å². The first-order valence-corrected chi connectivity index (χ1v) is 15.4. The topological polar surface area (TPSA) is 92.1 Å². The number of benzene rings is 2. The predicted molar refractivity (Wildman–Crippen MR) is 154 cm³/mol. The lowest BCUT2D eigenvalue weighted by atomic mass is 9.76. The van der Waals surface area contributed by atoms with Crippen LogP contribution in [-0.2, 0) is 0 Å². The number of ether oxygens (including phenoxy) is 1. The van der Waals surface area contributed by atoms with E-state index in [1.54, 1.807) is 0 Å². The lowest BCUT2D eigenvalue weighted by Gasteiger charge is -2.40. The number of carbonyl (C=O) groups excluding carboxylic acids is 2. The van der Waals surface area contributed by atoms with Crippen LogP contribution in [0.3, 0.4) is 0 Å². The molecule has 0 radical (unpaired) electrons. The molecule has 2 aromatic rings. The Balaban J connectivity index is 0.988. The summed E-state index contributed by atoms with van der Waals surface area (Å²) < 4.78 is 171. The van der Waals surface area contributed by atoms with Crippen molar-refractivity contribution in [2.45, 2.75) is 61.2 Å². The van der Waals surface area contributed by atoms with Crippen LogP contribution >= 0.6 is 0 Å². The Morgan fingerprint density at radius 3 is 1.24 bits per heavy atom. The summed E-state index contributed by atoms with van der Waals surface area (Å²) in [5, 5.41) is 7.13. The third kappa shape index (κ3) is 5.70. The molecule has 2 amide bonds. The number of carbonyl (C=O) groups is 2. The molecule has 51 heavy (non-hydrogen) atoms. The molecule has 4 aliphatic rings. The Hall–Kier alpha value is -4.32. The van der Waals surface area contributed by atoms with E-state index in [1.165, 1.54) is 48.5 Å². The summed E-state index contributed by atoms with van der Waals surface area (Å²) in [6, 6.07) is 10.7. The van der Waals surface area contributed by atoms with E-state index in [4.69, 9.17) is 4.74 Å². The van der Waals surface area contributed by atoms with Crippen LogP contribution in [-0.4, -0.2) is 59.8 Å². The summed E-state index contributed by atoms with van der Waals surface area (Å²) in [6.07, 6.45) is -12.1. The van der Waals surface area contributed by atoms with Crippen molar-refractivity contribution < 1.29 is 67.0 Å². The number of halogens is 12. The van der Waals surface area contributed by atoms with Crippen molar-refractivity contribution in [1.29, 1.82) is 0 Å². The minimum atomic E-state index is -5.79. The lowest BCUT2D eigenvalue weighted by molar-refractivity contribution is -0.320. The van der Waals surface area contributed by atoms with E-state index < -0.39 is 109 Å². The van der Waals surface area contributed by atoms with Crippen molar-refractivity contribution in [3.63, 3.8) is 0 Å². The van der Waals surface area contributed by atoms with Crippen molar-refractivity contribution in [2.24, 2.45) is 45.7 Å². The van der Waals surface area contributed by atoms with Gasteiger partial charge in [-0.25, -0.2) is 37.2 Å². The average molecular weight is 743 g/mol. The van der Waals surface area contributed by atoms with Crippen molar-refractivity contribution in [1.82, 2.24) is 10.9 Å². The normalized spacial score (nSPS) is 33.6. The van der Waals surface area contributed by atoms with Gasteiger partial charge in [-0.3, -0.25) is 9.59 Å². The maximum atomic E-state index is 14.7. The second-order valence-corrected chi connectivity index (χ2v) is 13.1. The molecule has 0 saturated heterocycles. The van der Waals surface area contributed by atoms with Crippen LogP contribution in [0.25, 0.3) is 0 Å². The van der Waals surface area contributed by atoms with Gasteiger partial charge in [-0.05, 0) is 74.2 Å². The Morgan fingerprint density at radius 2 is 0.941 bits per heavy atom. The van der Waals surface area contributed by atoms with Crippen LogP contribution in [0.15, 0.2) is 58.7 Å². The first-order valence-electron chi connectivity index (χ1n) is 15.4. The third-order valence-electron chi connectivity index (χ3n) is 10.4. The van der Waals surface area contributed by atoms with E-state index in [0.29, 0.717) is 0 Å². The Morgan fingerprint density at radius 1 is 0.608 bits per heavy atom. The van der Waals surface area contributed by atoms with E-state index >= 15 is 0 Å². The number of rotatable bonds is 8. The smallest absolute Gasteiger partial charge is 0.428 e. The quantitative estimate of drug-likeness (QED) is 0.163. The highest BCUT2D eigenvalue weighted by molar-refractivity contribution is 5.95. The van der Waals surface area contributed by atoms with Gasteiger partial charge in [-0.2, -0.15) is 36.5 Å². The minimum Gasteiger partial charge on any atom is -0.457 e. The monoisotopic (exact) mass is 742 g/mol. The van der Waals surface area contributed by atoms with Gasteiger partial charge in [-0.15, -0.1) is 0 Å². The number of hydrazone groups is 2. The first-order chi connectivity index (χ1) is 23.6. The maximum absolute atomic E-state index is 14.7. The van der Waals surface area contributed by atoms with Crippen LogP contribution < -0.4 is 15.6 Å². The predicted octanol–water partition coefficient (Wildman–Crippen LogP) is 8.03. The van der Waals surface area contributed by atoms with Gasteiger partial charge in [-0.1, -0.05) is 0 Å². The maximum Gasteiger partial charge on any atom is 0.428 e. The molecule has 7 nitrogen and oxygen atoms in total. The molecule has 4 bridgehead atoms. The SMILES string of the molecule is O=C(N/N=C\[C@H]1C[C@H]2C[C@H]1[C@@](F)(C(F)(F)F)C2(F)F)c1ccc(Oc2ccc(C(=O)N/N=C\[C@H]3C[C@H]4C[C@@H]3[C@@](F)(C(F)(F)F)C4(F)F)cc2)cc1.